The molecule has 1 fully saturated rings. The number of anilines is 2. The van der Waals surface area contributed by atoms with Gasteiger partial charge in [0, 0.05) is 26.7 Å². The molecule has 2 rings (SSSR count). The fourth-order valence-electron chi connectivity index (χ4n) is 2.52. The van der Waals surface area contributed by atoms with E-state index in [0.717, 1.165) is 19.6 Å². The smallest absolute Gasteiger partial charge is 0.353 e. The predicted molar refractivity (Wildman–Crippen MR) is 81.8 cm³/mol. The van der Waals surface area contributed by atoms with Crippen molar-refractivity contribution >= 4 is 17.3 Å². The first kappa shape index (κ1) is 15.4. The van der Waals surface area contributed by atoms with Crippen molar-refractivity contribution in [1.29, 1.82) is 0 Å². The first-order valence-electron chi connectivity index (χ1n) is 7.30. The monoisotopic (exact) mass is 294 g/mol. The van der Waals surface area contributed by atoms with Crippen molar-refractivity contribution in [3.8, 4) is 0 Å². The lowest BCUT2D eigenvalue weighted by Gasteiger charge is -2.22. The minimum atomic E-state index is -0.417. The van der Waals surface area contributed by atoms with Crippen LogP contribution in [-0.4, -0.2) is 59.6 Å². The van der Waals surface area contributed by atoms with Crippen LogP contribution in [0.1, 0.15) is 19.8 Å². The molecule has 1 aromatic rings. The van der Waals surface area contributed by atoms with Gasteiger partial charge in [-0.3, -0.25) is 10.1 Å². The third-order valence-corrected chi connectivity index (χ3v) is 3.64. The topological polar surface area (TPSA) is 87.4 Å². The zero-order valence-corrected chi connectivity index (χ0v) is 12.6. The number of nitrogens with zero attached hydrogens (tertiary/aromatic N) is 5. The number of hydrogen-bond donors (Lipinski definition) is 1. The largest absolute Gasteiger partial charge is 0.364 e. The Labute approximate surface area is 124 Å². The summed E-state index contributed by atoms with van der Waals surface area (Å²) < 4.78 is 0. The van der Waals surface area contributed by atoms with E-state index in [1.807, 2.05) is 18.9 Å². The second kappa shape index (κ2) is 7.16. The SMILES string of the molecule is CCNc1ncnc(N(C)CCN2CCCC2)c1[N+](=O)[O-]. The molecule has 0 radical (unpaired) electrons. The van der Waals surface area contributed by atoms with E-state index in [1.54, 1.807) is 0 Å². The van der Waals surface area contributed by atoms with Crippen LogP contribution in [0.5, 0.6) is 0 Å². The zero-order chi connectivity index (χ0) is 15.2. The number of rotatable bonds is 7. The lowest BCUT2D eigenvalue weighted by Crippen LogP contribution is -2.32. The molecule has 1 aliphatic rings. The second-order valence-electron chi connectivity index (χ2n) is 5.15. The Bertz CT molecular complexity index is 490. The maximum atomic E-state index is 11.3. The van der Waals surface area contributed by atoms with E-state index in [9.17, 15) is 10.1 Å². The van der Waals surface area contributed by atoms with Gasteiger partial charge in [-0.1, -0.05) is 0 Å². The van der Waals surface area contributed by atoms with E-state index in [2.05, 4.69) is 20.2 Å². The van der Waals surface area contributed by atoms with Crippen molar-refractivity contribution in [3.63, 3.8) is 0 Å². The summed E-state index contributed by atoms with van der Waals surface area (Å²) in [6.45, 7) is 6.29. The van der Waals surface area contributed by atoms with E-state index in [-0.39, 0.29) is 11.5 Å². The molecule has 0 bridgehead atoms. The second-order valence-corrected chi connectivity index (χ2v) is 5.15. The molecule has 1 aliphatic heterocycles. The van der Waals surface area contributed by atoms with Gasteiger partial charge in [-0.15, -0.1) is 0 Å². The fourth-order valence-corrected chi connectivity index (χ4v) is 2.52. The van der Waals surface area contributed by atoms with Crippen molar-refractivity contribution < 1.29 is 4.92 Å². The summed E-state index contributed by atoms with van der Waals surface area (Å²) >= 11 is 0. The quantitative estimate of drug-likeness (QED) is 0.600. The van der Waals surface area contributed by atoms with E-state index >= 15 is 0 Å². The lowest BCUT2D eigenvalue weighted by atomic mass is 10.3. The van der Waals surface area contributed by atoms with E-state index in [1.165, 1.54) is 19.2 Å². The molecule has 1 saturated heterocycles. The molecule has 1 aromatic heterocycles. The average Bonchev–Trinajstić information content (AvgIpc) is 2.98. The molecule has 0 spiro atoms. The molecule has 0 amide bonds. The van der Waals surface area contributed by atoms with Crippen LogP contribution in [0.15, 0.2) is 6.33 Å². The summed E-state index contributed by atoms with van der Waals surface area (Å²) in [5.41, 5.74) is -0.0525. The molecule has 2 heterocycles. The van der Waals surface area contributed by atoms with Gasteiger partial charge in [0.2, 0.25) is 11.6 Å². The number of hydrogen-bond acceptors (Lipinski definition) is 7. The third-order valence-electron chi connectivity index (χ3n) is 3.64. The third kappa shape index (κ3) is 3.78. The number of likely N-dealkylation sites (tertiary alicyclic amines) is 1. The van der Waals surface area contributed by atoms with Crippen molar-refractivity contribution in [2.75, 3.05) is 50.0 Å². The van der Waals surface area contributed by atoms with Gasteiger partial charge in [0.15, 0.2) is 0 Å². The van der Waals surface area contributed by atoms with E-state index in [4.69, 9.17) is 0 Å². The van der Waals surface area contributed by atoms with Crippen molar-refractivity contribution in [1.82, 2.24) is 14.9 Å². The highest BCUT2D eigenvalue weighted by molar-refractivity contribution is 5.69. The molecule has 0 atom stereocenters. The Morgan fingerprint density at radius 2 is 2.14 bits per heavy atom. The molecular formula is C13H22N6O2. The van der Waals surface area contributed by atoms with Gasteiger partial charge in [0.25, 0.3) is 0 Å². The Morgan fingerprint density at radius 1 is 1.43 bits per heavy atom. The average molecular weight is 294 g/mol. The number of nitrogens with one attached hydrogen (secondary N) is 1. The van der Waals surface area contributed by atoms with Gasteiger partial charge < -0.3 is 15.1 Å². The highest BCUT2D eigenvalue weighted by Gasteiger charge is 2.25. The first-order chi connectivity index (χ1) is 10.1. The maximum absolute atomic E-state index is 11.3. The minimum Gasteiger partial charge on any atom is -0.364 e. The van der Waals surface area contributed by atoms with Gasteiger partial charge in [-0.05, 0) is 32.9 Å². The standard InChI is InChI=1S/C13H22N6O2/c1-3-14-12-11(19(20)21)13(16-10-15-12)17(2)8-9-18-6-4-5-7-18/h10H,3-9H2,1-2H3,(H,14,15,16). The van der Waals surface area contributed by atoms with Crippen molar-refractivity contribution in [3.05, 3.63) is 16.4 Å². The van der Waals surface area contributed by atoms with Crippen LogP contribution in [-0.2, 0) is 0 Å². The summed E-state index contributed by atoms with van der Waals surface area (Å²) in [7, 11) is 1.83. The Morgan fingerprint density at radius 3 is 2.76 bits per heavy atom. The zero-order valence-electron chi connectivity index (χ0n) is 12.6. The Balaban J connectivity index is 2.12. The van der Waals surface area contributed by atoms with Crippen LogP contribution in [0.3, 0.4) is 0 Å². The molecule has 8 heteroatoms. The van der Waals surface area contributed by atoms with Gasteiger partial charge >= 0.3 is 5.69 Å². The fraction of sp³-hybridized carbons (Fsp3) is 0.692. The number of nitro groups is 1. The van der Waals surface area contributed by atoms with Gasteiger partial charge in [-0.25, -0.2) is 9.97 Å². The van der Waals surface area contributed by atoms with Crippen LogP contribution in [0, 0.1) is 10.1 Å². The molecule has 1 N–H and O–H groups in total. The highest BCUT2D eigenvalue weighted by atomic mass is 16.6. The summed E-state index contributed by atoms with van der Waals surface area (Å²) in [6.07, 6.45) is 3.84. The van der Waals surface area contributed by atoms with Crippen molar-refractivity contribution in [2.24, 2.45) is 0 Å². The van der Waals surface area contributed by atoms with E-state index < -0.39 is 4.92 Å². The molecule has 0 aromatic carbocycles. The summed E-state index contributed by atoms with van der Waals surface area (Å²) in [4.78, 5) is 23.2. The summed E-state index contributed by atoms with van der Waals surface area (Å²) in [5, 5.41) is 14.3. The molecule has 0 saturated carbocycles. The van der Waals surface area contributed by atoms with Crippen LogP contribution < -0.4 is 10.2 Å². The van der Waals surface area contributed by atoms with E-state index in [0.29, 0.717) is 18.9 Å². The molecule has 116 valence electrons. The van der Waals surface area contributed by atoms with Gasteiger partial charge in [-0.2, -0.15) is 0 Å². The first-order valence-corrected chi connectivity index (χ1v) is 7.30. The molecule has 0 aliphatic carbocycles. The summed E-state index contributed by atoms with van der Waals surface area (Å²) in [6, 6.07) is 0. The highest BCUT2D eigenvalue weighted by Crippen LogP contribution is 2.30. The summed E-state index contributed by atoms with van der Waals surface area (Å²) in [5.74, 6) is 0.644. The number of likely N-dealkylation sites (N-methyl/N-ethyl adjacent to an activating group) is 1. The molecular weight excluding hydrogens is 272 g/mol. The molecule has 21 heavy (non-hydrogen) atoms. The Hall–Kier alpha value is -1.96. The lowest BCUT2D eigenvalue weighted by molar-refractivity contribution is -0.383. The minimum absolute atomic E-state index is 0.0525. The Kier molecular flexibility index (Phi) is 5.26. The van der Waals surface area contributed by atoms with Crippen LogP contribution in [0.4, 0.5) is 17.3 Å². The van der Waals surface area contributed by atoms with Crippen LogP contribution in [0.2, 0.25) is 0 Å². The van der Waals surface area contributed by atoms with Crippen LogP contribution in [0.25, 0.3) is 0 Å². The number of aromatic nitrogens is 2. The predicted octanol–water partition coefficient (Wildman–Crippen LogP) is 1.35. The normalized spacial score (nSPS) is 15.1. The van der Waals surface area contributed by atoms with Gasteiger partial charge in [0.1, 0.15) is 6.33 Å². The van der Waals surface area contributed by atoms with Crippen LogP contribution >= 0.6 is 0 Å². The maximum Gasteiger partial charge on any atom is 0.353 e. The van der Waals surface area contributed by atoms with Crippen molar-refractivity contribution in [2.45, 2.75) is 19.8 Å². The molecule has 0 unspecified atom stereocenters. The van der Waals surface area contributed by atoms with Gasteiger partial charge in [0.05, 0.1) is 4.92 Å². The molecule has 8 nitrogen and oxygen atoms in total.